The number of carbonyl (C=O) groups excluding carboxylic acids is 1. The summed E-state index contributed by atoms with van der Waals surface area (Å²) in [5, 5.41) is 2.83. The second-order valence-corrected chi connectivity index (χ2v) is 5.85. The smallest absolute Gasteiger partial charge is 0.262 e. The van der Waals surface area contributed by atoms with Crippen LogP contribution in [0.15, 0.2) is 0 Å². The van der Waals surface area contributed by atoms with Crippen LogP contribution >= 0.6 is 0 Å². The summed E-state index contributed by atoms with van der Waals surface area (Å²) < 4.78 is 14.0. The maximum atomic E-state index is 14.0. The van der Waals surface area contributed by atoms with Crippen molar-refractivity contribution in [2.45, 2.75) is 32.9 Å². The molecule has 16 heavy (non-hydrogen) atoms. The van der Waals surface area contributed by atoms with Crippen molar-refractivity contribution < 1.29 is 9.18 Å². The molecule has 0 bridgehead atoms. The number of halogens is 1. The summed E-state index contributed by atoms with van der Waals surface area (Å²) in [5.74, 6) is 0.219. The summed E-state index contributed by atoms with van der Waals surface area (Å²) in [5.41, 5.74) is -1.47. The highest BCUT2D eigenvalue weighted by Crippen LogP contribution is 2.38. The number of alkyl halides is 1. The van der Waals surface area contributed by atoms with Gasteiger partial charge in [0, 0.05) is 26.2 Å². The van der Waals surface area contributed by atoms with Gasteiger partial charge in [-0.05, 0) is 17.8 Å². The lowest BCUT2D eigenvalue weighted by molar-refractivity contribution is -0.146. The Balaban J connectivity index is 2.01. The van der Waals surface area contributed by atoms with E-state index in [4.69, 9.17) is 0 Å². The first-order valence-electron chi connectivity index (χ1n) is 6.06. The Hall–Kier alpha value is -0.640. The molecule has 4 heteroatoms. The summed E-state index contributed by atoms with van der Waals surface area (Å²) >= 11 is 0. The Bertz CT molecular complexity index is 301. The van der Waals surface area contributed by atoms with Gasteiger partial charge in [0.2, 0.25) is 5.67 Å². The molecular formula is C12H21FN2O. The first-order chi connectivity index (χ1) is 7.37. The van der Waals surface area contributed by atoms with Gasteiger partial charge in [-0.2, -0.15) is 0 Å². The second kappa shape index (κ2) is 3.69. The van der Waals surface area contributed by atoms with Crippen LogP contribution in [0.2, 0.25) is 0 Å². The van der Waals surface area contributed by atoms with Gasteiger partial charge in [0.15, 0.2) is 0 Å². The molecule has 0 aromatic rings. The zero-order chi connectivity index (χ0) is 12.0. The maximum Gasteiger partial charge on any atom is 0.262 e. The molecule has 0 aliphatic carbocycles. The molecule has 0 saturated carbocycles. The van der Waals surface area contributed by atoms with Crippen LogP contribution in [0.25, 0.3) is 0 Å². The minimum absolute atomic E-state index is 0.156. The Morgan fingerprint density at radius 1 is 1.44 bits per heavy atom. The number of rotatable bonds is 2. The molecule has 2 heterocycles. The quantitative estimate of drug-likeness (QED) is 0.770. The molecule has 1 N–H and O–H groups in total. The molecule has 2 aliphatic rings. The second-order valence-electron chi connectivity index (χ2n) is 5.85. The number of likely N-dealkylation sites (tertiary alicyclic amines) is 1. The highest BCUT2D eigenvalue weighted by Gasteiger charge is 2.50. The molecule has 2 saturated heterocycles. The van der Waals surface area contributed by atoms with Gasteiger partial charge in [0.1, 0.15) is 0 Å². The van der Waals surface area contributed by atoms with Crippen LogP contribution in [0.4, 0.5) is 4.39 Å². The lowest BCUT2D eigenvalue weighted by Crippen LogP contribution is -2.64. The molecule has 92 valence electrons. The van der Waals surface area contributed by atoms with Crippen molar-refractivity contribution >= 4 is 5.91 Å². The predicted octanol–water partition coefficient (Wildman–Crippen LogP) is 1.19. The maximum absolute atomic E-state index is 14.0. The molecule has 1 amide bonds. The lowest BCUT2D eigenvalue weighted by atomic mass is 9.78. The summed E-state index contributed by atoms with van der Waals surface area (Å²) in [6.45, 7) is 8.30. The molecule has 2 fully saturated rings. The third-order valence-electron chi connectivity index (χ3n) is 4.38. The van der Waals surface area contributed by atoms with Crippen LogP contribution in [-0.2, 0) is 4.79 Å². The van der Waals surface area contributed by atoms with Crippen molar-refractivity contribution in [2.24, 2.45) is 11.3 Å². The Morgan fingerprint density at radius 3 is 2.44 bits per heavy atom. The highest BCUT2D eigenvalue weighted by atomic mass is 19.1. The van der Waals surface area contributed by atoms with Gasteiger partial charge in [0.05, 0.1) is 0 Å². The summed E-state index contributed by atoms with van der Waals surface area (Å²) in [6, 6.07) is 0. The summed E-state index contributed by atoms with van der Waals surface area (Å²) in [7, 11) is 0. The number of hydrogen-bond acceptors (Lipinski definition) is 2. The fraction of sp³-hybridized carbons (Fsp3) is 0.917. The molecule has 0 unspecified atom stereocenters. The van der Waals surface area contributed by atoms with Crippen molar-refractivity contribution in [1.82, 2.24) is 10.2 Å². The number of amides is 1. The third kappa shape index (κ3) is 1.73. The van der Waals surface area contributed by atoms with Crippen molar-refractivity contribution in [2.75, 3.05) is 26.2 Å². The Morgan fingerprint density at radius 2 is 2.06 bits per heavy atom. The van der Waals surface area contributed by atoms with Gasteiger partial charge >= 0.3 is 0 Å². The minimum Gasteiger partial charge on any atom is -0.339 e. The molecular weight excluding hydrogens is 207 g/mol. The number of carbonyl (C=O) groups is 1. The normalized spacial score (nSPS) is 32.9. The topological polar surface area (TPSA) is 32.3 Å². The van der Waals surface area contributed by atoms with E-state index in [9.17, 15) is 9.18 Å². The van der Waals surface area contributed by atoms with Crippen molar-refractivity contribution in [3.8, 4) is 0 Å². The predicted molar refractivity (Wildman–Crippen MR) is 60.9 cm³/mol. The van der Waals surface area contributed by atoms with E-state index in [-0.39, 0.29) is 24.4 Å². The van der Waals surface area contributed by atoms with E-state index in [1.165, 1.54) is 0 Å². The van der Waals surface area contributed by atoms with E-state index >= 15 is 0 Å². The zero-order valence-electron chi connectivity index (χ0n) is 10.3. The number of nitrogens with one attached hydrogen (secondary N) is 1. The van der Waals surface area contributed by atoms with E-state index < -0.39 is 5.67 Å². The fourth-order valence-electron chi connectivity index (χ4n) is 2.41. The Labute approximate surface area is 96.4 Å². The van der Waals surface area contributed by atoms with E-state index in [1.807, 2.05) is 0 Å². The summed E-state index contributed by atoms with van der Waals surface area (Å²) in [4.78, 5) is 13.7. The van der Waals surface area contributed by atoms with Gasteiger partial charge in [-0.25, -0.2) is 4.39 Å². The van der Waals surface area contributed by atoms with Crippen LogP contribution < -0.4 is 5.32 Å². The highest BCUT2D eigenvalue weighted by molar-refractivity contribution is 5.87. The third-order valence-corrected chi connectivity index (χ3v) is 4.38. The van der Waals surface area contributed by atoms with Crippen LogP contribution in [0, 0.1) is 11.3 Å². The largest absolute Gasteiger partial charge is 0.339 e. The van der Waals surface area contributed by atoms with Crippen LogP contribution in [0.1, 0.15) is 27.2 Å². The van der Waals surface area contributed by atoms with Crippen LogP contribution in [-0.4, -0.2) is 42.7 Å². The number of nitrogens with zero attached hydrogens (tertiary/aromatic N) is 1. The fourth-order valence-corrected chi connectivity index (χ4v) is 2.41. The SMILES string of the molecule is CC(C)[C@@]1(C)CCN(C(=O)C2(F)CNC2)C1. The van der Waals surface area contributed by atoms with Gasteiger partial charge in [-0.15, -0.1) is 0 Å². The van der Waals surface area contributed by atoms with Crippen LogP contribution in [0.5, 0.6) is 0 Å². The van der Waals surface area contributed by atoms with Gasteiger partial charge in [0.25, 0.3) is 5.91 Å². The summed E-state index contributed by atoms with van der Waals surface area (Å²) in [6.07, 6.45) is 0.986. The van der Waals surface area contributed by atoms with E-state index in [0.29, 0.717) is 19.0 Å². The van der Waals surface area contributed by atoms with Gasteiger partial charge in [-0.1, -0.05) is 20.8 Å². The monoisotopic (exact) mass is 228 g/mol. The standard InChI is InChI=1S/C12H21FN2O/c1-9(2)11(3)4-5-15(8-11)10(16)12(13)6-14-7-12/h9,14H,4-8H2,1-3H3/t11-/m0/s1. The first kappa shape index (κ1) is 11.8. The average Bonchev–Trinajstić information content (AvgIpc) is 2.57. The molecule has 2 rings (SSSR count). The molecule has 3 nitrogen and oxygen atoms in total. The first-order valence-corrected chi connectivity index (χ1v) is 6.06. The molecule has 0 aromatic heterocycles. The van der Waals surface area contributed by atoms with Crippen molar-refractivity contribution in [1.29, 1.82) is 0 Å². The van der Waals surface area contributed by atoms with Gasteiger partial charge < -0.3 is 10.2 Å². The van der Waals surface area contributed by atoms with E-state index in [0.717, 1.165) is 6.42 Å². The van der Waals surface area contributed by atoms with Crippen molar-refractivity contribution in [3.63, 3.8) is 0 Å². The average molecular weight is 228 g/mol. The molecule has 0 spiro atoms. The molecule has 0 radical (unpaired) electrons. The zero-order valence-corrected chi connectivity index (χ0v) is 10.3. The van der Waals surface area contributed by atoms with Crippen LogP contribution in [0.3, 0.4) is 0 Å². The molecule has 2 aliphatic heterocycles. The minimum atomic E-state index is -1.62. The molecule has 0 aromatic carbocycles. The lowest BCUT2D eigenvalue weighted by Gasteiger charge is -2.37. The van der Waals surface area contributed by atoms with E-state index in [2.05, 4.69) is 26.1 Å². The van der Waals surface area contributed by atoms with Crippen molar-refractivity contribution in [3.05, 3.63) is 0 Å². The molecule has 1 atom stereocenters. The van der Waals surface area contributed by atoms with Gasteiger partial charge in [-0.3, -0.25) is 4.79 Å². The Kier molecular flexibility index (Phi) is 2.73. The van der Waals surface area contributed by atoms with E-state index in [1.54, 1.807) is 4.90 Å². The number of hydrogen-bond donors (Lipinski definition) is 1.